The minimum Gasteiger partial charge on any atom is -0.376 e. The highest BCUT2D eigenvalue weighted by atomic mass is 32.2. The van der Waals surface area contributed by atoms with E-state index in [1.165, 1.54) is 17.4 Å². The maximum Gasteiger partial charge on any atom is 0.230 e. The fraction of sp³-hybridized carbons (Fsp3) is 0.476. The van der Waals surface area contributed by atoms with Gasteiger partial charge in [-0.05, 0) is 25.0 Å². The number of aromatic nitrogens is 2. The quantitative estimate of drug-likeness (QED) is 0.551. The van der Waals surface area contributed by atoms with E-state index in [-0.39, 0.29) is 12.0 Å². The van der Waals surface area contributed by atoms with E-state index in [9.17, 15) is 4.79 Å². The predicted octanol–water partition coefficient (Wildman–Crippen LogP) is 2.19. The molecule has 0 aliphatic carbocycles. The van der Waals surface area contributed by atoms with Gasteiger partial charge in [0.05, 0.1) is 11.9 Å². The molecule has 0 bridgehead atoms. The van der Waals surface area contributed by atoms with Gasteiger partial charge in [0.25, 0.3) is 0 Å². The Kier molecular flexibility index (Phi) is 6.84. The first-order valence-corrected chi connectivity index (χ1v) is 11.1. The zero-order chi connectivity index (χ0) is 19.9. The topological polar surface area (TPSA) is 70.6 Å². The first-order chi connectivity index (χ1) is 14.3. The van der Waals surface area contributed by atoms with Gasteiger partial charge in [-0.1, -0.05) is 30.0 Å². The number of anilines is 2. The third kappa shape index (κ3) is 5.61. The molecule has 1 N–H and O–H groups in total. The van der Waals surface area contributed by atoms with E-state index < -0.39 is 0 Å². The molecule has 0 spiro atoms. The van der Waals surface area contributed by atoms with Crippen molar-refractivity contribution in [2.75, 3.05) is 54.9 Å². The van der Waals surface area contributed by atoms with Crippen molar-refractivity contribution in [3.8, 4) is 0 Å². The number of nitrogens with one attached hydrogen (secondary N) is 1. The number of nitrogens with zero attached hydrogens (tertiary/aromatic N) is 4. The SMILES string of the molecule is O=C(CSc1cc(N2CCN(c3ccccc3)CC2)ncn1)NCC1CCCO1. The Labute approximate surface area is 175 Å². The number of piperazine rings is 1. The number of hydrogen-bond acceptors (Lipinski definition) is 7. The molecular weight excluding hydrogens is 386 g/mol. The van der Waals surface area contributed by atoms with Gasteiger partial charge < -0.3 is 19.9 Å². The zero-order valence-corrected chi connectivity index (χ0v) is 17.3. The van der Waals surface area contributed by atoms with Crippen LogP contribution in [0.4, 0.5) is 11.5 Å². The molecule has 2 aliphatic heterocycles. The highest BCUT2D eigenvalue weighted by molar-refractivity contribution is 7.99. The van der Waals surface area contributed by atoms with Gasteiger partial charge in [0.1, 0.15) is 17.2 Å². The molecule has 0 saturated carbocycles. The Hall–Kier alpha value is -2.32. The molecule has 1 aromatic carbocycles. The summed E-state index contributed by atoms with van der Waals surface area (Å²) in [6, 6.07) is 12.5. The van der Waals surface area contributed by atoms with Gasteiger partial charge in [0, 0.05) is 51.1 Å². The van der Waals surface area contributed by atoms with Crippen LogP contribution in [0.25, 0.3) is 0 Å². The van der Waals surface area contributed by atoms with Crippen molar-refractivity contribution in [1.82, 2.24) is 15.3 Å². The Morgan fingerprint density at radius 2 is 1.93 bits per heavy atom. The third-order valence-corrected chi connectivity index (χ3v) is 6.18. The van der Waals surface area contributed by atoms with Gasteiger partial charge in [0.15, 0.2) is 0 Å². The maximum absolute atomic E-state index is 12.1. The number of para-hydroxylation sites is 1. The van der Waals surface area contributed by atoms with Crippen LogP contribution in [0.1, 0.15) is 12.8 Å². The van der Waals surface area contributed by atoms with E-state index in [4.69, 9.17) is 4.74 Å². The van der Waals surface area contributed by atoms with Crippen LogP contribution in [0.5, 0.6) is 0 Å². The van der Waals surface area contributed by atoms with Crippen molar-refractivity contribution in [1.29, 1.82) is 0 Å². The number of amides is 1. The lowest BCUT2D eigenvalue weighted by Crippen LogP contribution is -2.46. The number of rotatable bonds is 7. The molecule has 2 fully saturated rings. The van der Waals surface area contributed by atoms with Gasteiger partial charge in [0.2, 0.25) is 5.91 Å². The maximum atomic E-state index is 12.1. The minimum absolute atomic E-state index is 0.0159. The Morgan fingerprint density at radius 3 is 2.69 bits per heavy atom. The van der Waals surface area contributed by atoms with Crippen LogP contribution in [-0.4, -0.2) is 67.1 Å². The lowest BCUT2D eigenvalue weighted by molar-refractivity contribution is -0.119. The molecular formula is C21H27N5O2S. The van der Waals surface area contributed by atoms with Crippen molar-refractivity contribution in [3.63, 3.8) is 0 Å². The van der Waals surface area contributed by atoms with Gasteiger partial charge in [-0.15, -0.1) is 0 Å². The smallest absolute Gasteiger partial charge is 0.230 e. The van der Waals surface area contributed by atoms with Crippen LogP contribution in [0, 0.1) is 0 Å². The summed E-state index contributed by atoms with van der Waals surface area (Å²) in [7, 11) is 0. The number of carbonyl (C=O) groups is 1. The molecule has 154 valence electrons. The van der Waals surface area contributed by atoms with Crippen LogP contribution in [0.3, 0.4) is 0 Å². The first-order valence-electron chi connectivity index (χ1n) is 10.2. The summed E-state index contributed by atoms with van der Waals surface area (Å²) in [6.07, 6.45) is 3.87. The van der Waals surface area contributed by atoms with Crippen LogP contribution in [-0.2, 0) is 9.53 Å². The van der Waals surface area contributed by atoms with Crippen molar-refractivity contribution in [3.05, 3.63) is 42.7 Å². The van der Waals surface area contributed by atoms with Gasteiger partial charge in [-0.2, -0.15) is 0 Å². The summed E-state index contributed by atoms with van der Waals surface area (Å²) in [5.74, 6) is 1.29. The minimum atomic E-state index is 0.0159. The van der Waals surface area contributed by atoms with E-state index in [0.717, 1.165) is 56.5 Å². The number of ether oxygens (including phenoxy) is 1. The van der Waals surface area contributed by atoms with Crippen molar-refractivity contribution < 1.29 is 9.53 Å². The molecule has 0 radical (unpaired) electrons. The van der Waals surface area contributed by atoms with E-state index >= 15 is 0 Å². The molecule has 1 unspecified atom stereocenters. The van der Waals surface area contributed by atoms with E-state index in [2.05, 4.69) is 49.4 Å². The fourth-order valence-electron chi connectivity index (χ4n) is 3.64. The Balaban J connectivity index is 1.25. The Morgan fingerprint density at radius 1 is 1.14 bits per heavy atom. The summed E-state index contributed by atoms with van der Waals surface area (Å²) >= 11 is 1.45. The normalized spacial score (nSPS) is 19.4. The fourth-order valence-corrected chi connectivity index (χ4v) is 4.33. The monoisotopic (exact) mass is 413 g/mol. The standard InChI is InChI=1S/C21H27N5O2S/c27-20(22-14-18-7-4-12-28-18)15-29-21-13-19(23-16-24-21)26-10-8-25(9-11-26)17-5-2-1-3-6-17/h1-3,5-6,13,16,18H,4,7-12,14-15H2,(H,22,27). The first kappa shape index (κ1) is 20.0. The molecule has 1 atom stereocenters. The van der Waals surface area contributed by atoms with Gasteiger partial charge in [-0.25, -0.2) is 9.97 Å². The molecule has 1 amide bonds. The number of thioether (sulfide) groups is 1. The van der Waals surface area contributed by atoms with Crippen molar-refractivity contribution in [2.24, 2.45) is 0 Å². The molecule has 7 nitrogen and oxygen atoms in total. The summed E-state index contributed by atoms with van der Waals surface area (Å²) < 4.78 is 5.53. The summed E-state index contributed by atoms with van der Waals surface area (Å²) in [5.41, 5.74) is 1.26. The molecule has 2 aliphatic rings. The third-order valence-electron chi connectivity index (χ3n) is 5.25. The van der Waals surface area contributed by atoms with E-state index in [0.29, 0.717) is 12.3 Å². The van der Waals surface area contributed by atoms with E-state index in [1.54, 1.807) is 6.33 Å². The van der Waals surface area contributed by atoms with Crippen LogP contribution < -0.4 is 15.1 Å². The number of carbonyl (C=O) groups excluding carboxylic acids is 1. The van der Waals surface area contributed by atoms with Crippen LogP contribution in [0.15, 0.2) is 47.8 Å². The lowest BCUT2D eigenvalue weighted by atomic mass is 10.2. The highest BCUT2D eigenvalue weighted by Crippen LogP contribution is 2.22. The van der Waals surface area contributed by atoms with Gasteiger partial charge in [-0.3, -0.25) is 4.79 Å². The molecule has 29 heavy (non-hydrogen) atoms. The highest BCUT2D eigenvalue weighted by Gasteiger charge is 2.19. The second-order valence-corrected chi connectivity index (χ2v) is 8.25. The average molecular weight is 414 g/mol. The van der Waals surface area contributed by atoms with Gasteiger partial charge >= 0.3 is 0 Å². The molecule has 3 heterocycles. The number of hydrogen-bond donors (Lipinski definition) is 1. The summed E-state index contributed by atoms with van der Waals surface area (Å²) in [4.78, 5) is 25.5. The summed E-state index contributed by atoms with van der Waals surface area (Å²) in [5, 5.41) is 3.78. The molecule has 4 rings (SSSR count). The molecule has 1 aromatic heterocycles. The second-order valence-electron chi connectivity index (χ2n) is 7.25. The van der Waals surface area contributed by atoms with Crippen LogP contribution in [0.2, 0.25) is 0 Å². The number of benzene rings is 1. The zero-order valence-electron chi connectivity index (χ0n) is 16.5. The largest absolute Gasteiger partial charge is 0.376 e. The average Bonchev–Trinajstić information content (AvgIpc) is 3.31. The Bertz CT molecular complexity index is 793. The lowest BCUT2D eigenvalue weighted by Gasteiger charge is -2.36. The molecule has 2 aromatic rings. The van der Waals surface area contributed by atoms with E-state index in [1.807, 2.05) is 12.1 Å². The molecule has 2 saturated heterocycles. The predicted molar refractivity (Wildman–Crippen MR) is 116 cm³/mol. The molecule has 8 heteroatoms. The van der Waals surface area contributed by atoms with Crippen LogP contribution >= 0.6 is 11.8 Å². The second kappa shape index (κ2) is 9.93. The summed E-state index contributed by atoms with van der Waals surface area (Å²) in [6.45, 7) is 5.15. The van der Waals surface area contributed by atoms with Crippen molar-refractivity contribution in [2.45, 2.75) is 24.0 Å². The van der Waals surface area contributed by atoms with Crippen molar-refractivity contribution >= 4 is 29.2 Å².